The Morgan fingerprint density at radius 2 is 1.88 bits per heavy atom. The lowest BCUT2D eigenvalue weighted by Crippen LogP contribution is -1.88. The van der Waals surface area contributed by atoms with Crippen LogP contribution in [0.5, 0.6) is 0 Å². The molecule has 80 valence electrons. The zero-order valence-electron chi connectivity index (χ0n) is 9.14. The molecule has 2 heterocycles. The van der Waals surface area contributed by atoms with E-state index in [4.69, 9.17) is 0 Å². The zero-order valence-corrected chi connectivity index (χ0v) is 9.95. The Labute approximate surface area is 97.4 Å². The van der Waals surface area contributed by atoms with Crippen LogP contribution < -0.4 is 0 Å². The molecular formula is C12H11N3S. The fraction of sp³-hybridized carbons (Fsp3) is 0.167. The van der Waals surface area contributed by atoms with Crippen molar-refractivity contribution < 1.29 is 0 Å². The van der Waals surface area contributed by atoms with Gasteiger partial charge < -0.3 is 0 Å². The molecule has 0 unspecified atom stereocenters. The molecule has 3 nitrogen and oxygen atoms in total. The van der Waals surface area contributed by atoms with Gasteiger partial charge in [-0.1, -0.05) is 41.7 Å². The highest BCUT2D eigenvalue weighted by atomic mass is 32.1. The van der Waals surface area contributed by atoms with Crippen LogP contribution in [0.3, 0.4) is 0 Å². The second kappa shape index (κ2) is 3.42. The quantitative estimate of drug-likeness (QED) is 0.642. The lowest BCUT2D eigenvalue weighted by Gasteiger charge is -1.97. The molecule has 0 aliphatic rings. The lowest BCUT2D eigenvalue weighted by atomic mass is 10.1. The van der Waals surface area contributed by atoms with Crippen LogP contribution in [0.2, 0.25) is 0 Å². The van der Waals surface area contributed by atoms with E-state index in [2.05, 4.69) is 29.1 Å². The first-order valence-corrected chi connectivity index (χ1v) is 5.95. The van der Waals surface area contributed by atoms with Crippen molar-refractivity contribution in [3.63, 3.8) is 0 Å². The van der Waals surface area contributed by atoms with E-state index in [9.17, 15) is 0 Å². The van der Waals surface area contributed by atoms with Gasteiger partial charge in [-0.05, 0) is 13.8 Å². The monoisotopic (exact) mass is 229 g/mol. The molecule has 0 saturated carbocycles. The van der Waals surface area contributed by atoms with Gasteiger partial charge in [0.05, 0.1) is 11.4 Å². The second-order valence-corrected chi connectivity index (χ2v) is 4.89. The number of hydrogen-bond donors (Lipinski definition) is 0. The molecule has 0 saturated heterocycles. The topological polar surface area (TPSA) is 30.2 Å². The maximum atomic E-state index is 4.62. The first kappa shape index (κ1) is 9.54. The van der Waals surface area contributed by atoms with E-state index < -0.39 is 0 Å². The van der Waals surface area contributed by atoms with Gasteiger partial charge in [0.1, 0.15) is 5.01 Å². The van der Waals surface area contributed by atoms with Crippen LogP contribution in [-0.2, 0) is 0 Å². The van der Waals surface area contributed by atoms with Crippen LogP contribution in [0, 0.1) is 13.8 Å². The first-order chi connectivity index (χ1) is 7.75. The maximum absolute atomic E-state index is 4.62. The molecule has 0 N–H and O–H groups in total. The number of imidazole rings is 1. The minimum Gasteiger partial charge on any atom is -0.217 e. The Bertz CT molecular complexity index is 637. The van der Waals surface area contributed by atoms with Crippen molar-refractivity contribution in [1.29, 1.82) is 0 Å². The lowest BCUT2D eigenvalue weighted by molar-refractivity contribution is 0.909. The summed E-state index contributed by atoms with van der Waals surface area (Å²) >= 11 is 1.62. The fourth-order valence-corrected chi connectivity index (χ4v) is 2.60. The van der Waals surface area contributed by atoms with Crippen molar-refractivity contribution in [2.75, 3.05) is 0 Å². The Hall–Kier alpha value is -1.68. The summed E-state index contributed by atoms with van der Waals surface area (Å²) in [6.45, 7) is 4.06. The highest BCUT2D eigenvalue weighted by Crippen LogP contribution is 2.25. The van der Waals surface area contributed by atoms with E-state index in [0.717, 1.165) is 26.9 Å². The summed E-state index contributed by atoms with van der Waals surface area (Å²) in [5.41, 5.74) is 3.28. The van der Waals surface area contributed by atoms with Crippen LogP contribution in [0.4, 0.5) is 0 Å². The average molecular weight is 229 g/mol. The summed E-state index contributed by atoms with van der Waals surface area (Å²) in [6, 6.07) is 10.2. The SMILES string of the molecule is Cc1nn2c(C)c(-c3ccccc3)nc2s1. The number of aryl methyl sites for hydroxylation is 2. The summed E-state index contributed by atoms with van der Waals surface area (Å²) in [6.07, 6.45) is 0. The molecule has 0 atom stereocenters. The minimum atomic E-state index is 0.967. The molecule has 0 spiro atoms. The molecule has 0 radical (unpaired) electrons. The van der Waals surface area contributed by atoms with E-state index in [1.165, 1.54) is 0 Å². The number of fused-ring (bicyclic) bond motifs is 1. The average Bonchev–Trinajstić information content (AvgIpc) is 2.79. The molecular weight excluding hydrogens is 218 g/mol. The summed E-state index contributed by atoms with van der Waals surface area (Å²) in [5.74, 6) is 0. The third-order valence-corrected chi connectivity index (χ3v) is 3.40. The van der Waals surface area contributed by atoms with E-state index in [1.807, 2.05) is 29.6 Å². The Kier molecular flexibility index (Phi) is 2.04. The second-order valence-electron chi connectivity index (χ2n) is 3.73. The molecule has 0 fully saturated rings. The highest BCUT2D eigenvalue weighted by molar-refractivity contribution is 7.16. The highest BCUT2D eigenvalue weighted by Gasteiger charge is 2.12. The Morgan fingerprint density at radius 3 is 2.56 bits per heavy atom. The minimum absolute atomic E-state index is 0.967. The summed E-state index contributed by atoms with van der Waals surface area (Å²) < 4.78 is 1.92. The Balaban J connectivity index is 2.25. The molecule has 2 aromatic heterocycles. The van der Waals surface area contributed by atoms with Crippen molar-refractivity contribution in [2.24, 2.45) is 0 Å². The van der Waals surface area contributed by atoms with Crippen molar-refractivity contribution in [3.8, 4) is 11.3 Å². The summed E-state index contributed by atoms with van der Waals surface area (Å²) in [5, 5.41) is 5.48. The standard InChI is InChI=1S/C12H11N3S/c1-8-11(10-6-4-3-5-7-10)13-12-15(8)14-9(2)16-12/h3-7H,1-2H3. The van der Waals surface area contributed by atoms with Crippen LogP contribution in [0.25, 0.3) is 16.2 Å². The van der Waals surface area contributed by atoms with Crippen LogP contribution >= 0.6 is 11.3 Å². The van der Waals surface area contributed by atoms with Gasteiger partial charge in [-0.25, -0.2) is 9.50 Å². The summed E-state index contributed by atoms with van der Waals surface area (Å²) in [7, 11) is 0. The van der Waals surface area contributed by atoms with Gasteiger partial charge in [-0.15, -0.1) is 0 Å². The number of aromatic nitrogens is 3. The van der Waals surface area contributed by atoms with Gasteiger partial charge >= 0.3 is 0 Å². The predicted molar refractivity (Wildman–Crippen MR) is 65.8 cm³/mol. The third-order valence-electron chi connectivity index (χ3n) is 2.58. The van der Waals surface area contributed by atoms with Gasteiger partial charge in [0.15, 0.2) is 0 Å². The van der Waals surface area contributed by atoms with E-state index in [0.29, 0.717) is 0 Å². The molecule has 4 heteroatoms. The molecule has 0 aliphatic heterocycles. The third kappa shape index (κ3) is 1.34. The van der Waals surface area contributed by atoms with Gasteiger partial charge in [0, 0.05) is 5.56 Å². The van der Waals surface area contributed by atoms with Crippen molar-refractivity contribution in [3.05, 3.63) is 41.0 Å². The largest absolute Gasteiger partial charge is 0.217 e. The van der Waals surface area contributed by atoms with E-state index in [-0.39, 0.29) is 0 Å². The number of rotatable bonds is 1. The predicted octanol–water partition coefficient (Wildman–Crippen LogP) is 3.07. The van der Waals surface area contributed by atoms with Gasteiger partial charge in [0.2, 0.25) is 4.96 Å². The normalized spacial score (nSPS) is 11.1. The molecule has 3 rings (SSSR count). The molecule has 0 aliphatic carbocycles. The van der Waals surface area contributed by atoms with Crippen LogP contribution in [-0.4, -0.2) is 14.6 Å². The van der Waals surface area contributed by atoms with Crippen LogP contribution in [0.1, 0.15) is 10.7 Å². The smallest absolute Gasteiger partial charge is 0.212 e. The van der Waals surface area contributed by atoms with E-state index >= 15 is 0 Å². The van der Waals surface area contributed by atoms with Crippen molar-refractivity contribution in [1.82, 2.24) is 14.6 Å². The van der Waals surface area contributed by atoms with E-state index in [1.54, 1.807) is 11.3 Å². The molecule has 3 aromatic rings. The molecule has 16 heavy (non-hydrogen) atoms. The fourth-order valence-electron chi connectivity index (χ4n) is 1.81. The van der Waals surface area contributed by atoms with Gasteiger partial charge in [-0.2, -0.15) is 5.10 Å². The number of benzene rings is 1. The van der Waals surface area contributed by atoms with Gasteiger partial charge in [-0.3, -0.25) is 0 Å². The van der Waals surface area contributed by atoms with Crippen molar-refractivity contribution >= 4 is 16.3 Å². The molecule has 0 amide bonds. The first-order valence-electron chi connectivity index (χ1n) is 5.14. The maximum Gasteiger partial charge on any atom is 0.212 e. The molecule has 0 bridgehead atoms. The summed E-state index contributed by atoms with van der Waals surface area (Å²) in [4.78, 5) is 5.59. The number of nitrogens with zero attached hydrogens (tertiary/aromatic N) is 3. The Morgan fingerprint density at radius 1 is 1.12 bits per heavy atom. The van der Waals surface area contributed by atoms with Crippen molar-refractivity contribution in [2.45, 2.75) is 13.8 Å². The molecule has 1 aromatic carbocycles. The van der Waals surface area contributed by atoms with Crippen LogP contribution in [0.15, 0.2) is 30.3 Å². The zero-order chi connectivity index (χ0) is 11.1. The number of hydrogen-bond acceptors (Lipinski definition) is 3. The van der Waals surface area contributed by atoms with Gasteiger partial charge in [0.25, 0.3) is 0 Å².